The lowest BCUT2D eigenvalue weighted by Crippen LogP contribution is -2.06. The molecule has 1 N–H and O–H groups in total. The smallest absolute Gasteiger partial charge is 0.170 e. The molecule has 0 bridgehead atoms. The minimum atomic E-state index is 0.668. The fourth-order valence-corrected chi connectivity index (χ4v) is 3.25. The Kier molecular flexibility index (Phi) is 4.35. The van der Waals surface area contributed by atoms with Gasteiger partial charge in [0.25, 0.3) is 0 Å². The van der Waals surface area contributed by atoms with Crippen LogP contribution in [0.5, 0.6) is 0 Å². The number of benzene rings is 1. The van der Waals surface area contributed by atoms with Crippen LogP contribution in [0.3, 0.4) is 0 Å². The van der Waals surface area contributed by atoms with E-state index in [2.05, 4.69) is 22.3 Å². The van der Waals surface area contributed by atoms with Crippen LogP contribution in [0.2, 0.25) is 0 Å². The largest absolute Gasteiger partial charge is 0.368 e. The molecule has 0 aliphatic rings. The van der Waals surface area contributed by atoms with Gasteiger partial charge in [-0.05, 0) is 32.4 Å². The van der Waals surface area contributed by atoms with Crippen LogP contribution < -0.4 is 5.32 Å². The first kappa shape index (κ1) is 17.2. The van der Waals surface area contributed by atoms with Gasteiger partial charge >= 0.3 is 0 Å². The summed E-state index contributed by atoms with van der Waals surface area (Å²) in [5.74, 6) is 1.43. The van der Waals surface area contributed by atoms with Crippen LogP contribution in [-0.4, -0.2) is 35.8 Å². The van der Waals surface area contributed by atoms with Gasteiger partial charge in [0.15, 0.2) is 22.8 Å². The third kappa shape index (κ3) is 2.95. The second-order valence-electron chi connectivity index (χ2n) is 6.61. The maximum Gasteiger partial charge on any atom is 0.170 e. The van der Waals surface area contributed by atoms with Crippen molar-refractivity contribution in [1.82, 2.24) is 29.3 Å². The van der Waals surface area contributed by atoms with Gasteiger partial charge in [-0.3, -0.25) is 9.25 Å². The van der Waals surface area contributed by atoms with Gasteiger partial charge in [0.1, 0.15) is 6.33 Å². The summed E-state index contributed by atoms with van der Waals surface area (Å²) in [5, 5.41) is 7.92. The quantitative estimate of drug-likeness (QED) is 0.587. The molecule has 0 amide bonds. The Balaban J connectivity index is 1.97. The van der Waals surface area contributed by atoms with Crippen molar-refractivity contribution >= 4 is 17.0 Å². The second-order valence-corrected chi connectivity index (χ2v) is 6.61. The number of anilines is 1. The van der Waals surface area contributed by atoms with Gasteiger partial charge in [-0.15, -0.1) is 0 Å². The van der Waals surface area contributed by atoms with Crippen LogP contribution in [-0.2, 0) is 7.05 Å². The summed E-state index contributed by atoms with van der Waals surface area (Å²) in [7, 11) is 1.94. The van der Waals surface area contributed by atoms with Gasteiger partial charge in [-0.1, -0.05) is 25.1 Å². The van der Waals surface area contributed by atoms with Gasteiger partial charge in [0.05, 0.1) is 11.3 Å². The van der Waals surface area contributed by atoms with E-state index in [1.807, 2.05) is 60.5 Å². The van der Waals surface area contributed by atoms with E-state index < -0.39 is 0 Å². The first-order chi connectivity index (χ1) is 13.1. The van der Waals surface area contributed by atoms with Crippen LogP contribution in [0, 0.1) is 13.8 Å². The molecule has 7 nitrogen and oxygen atoms in total. The van der Waals surface area contributed by atoms with Gasteiger partial charge in [-0.25, -0.2) is 15.0 Å². The molecule has 0 unspecified atom stereocenters. The molecule has 27 heavy (non-hydrogen) atoms. The lowest BCUT2D eigenvalue weighted by molar-refractivity contribution is 0.731. The molecule has 0 aliphatic carbocycles. The highest BCUT2D eigenvalue weighted by atomic mass is 15.3. The molecule has 3 aromatic heterocycles. The molecule has 3 heterocycles. The number of fused-ring (bicyclic) bond motifs is 1. The van der Waals surface area contributed by atoms with Crippen molar-refractivity contribution in [3.05, 3.63) is 48.0 Å². The monoisotopic (exact) mass is 361 g/mol. The molecule has 0 saturated carbocycles. The molecule has 7 heteroatoms. The standard InChI is InChI=1S/C20H23N7/c1-5-11-21-19-17-20(27(12-22-17)15-9-7-6-8-10-15)24-18(23-19)16-13(2)25-26(4)14(16)3/h6-10,12H,5,11H2,1-4H3,(H,21,23,24). The Morgan fingerprint density at radius 1 is 1.07 bits per heavy atom. The highest BCUT2D eigenvalue weighted by molar-refractivity contribution is 5.86. The number of aryl methyl sites for hydroxylation is 2. The summed E-state index contributed by atoms with van der Waals surface area (Å²) < 4.78 is 3.87. The lowest BCUT2D eigenvalue weighted by atomic mass is 10.2. The third-order valence-corrected chi connectivity index (χ3v) is 4.71. The van der Waals surface area contributed by atoms with Crippen molar-refractivity contribution in [3.8, 4) is 17.1 Å². The van der Waals surface area contributed by atoms with Crippen LogP contribution in [0.4, 0.5) is 5.82 Å². The topological polar surface area (TPSA) is 73.5 Å². The summed E-state index contributed by atoms with van der Waals surface area (Å²) in [4.78, 5) is 14.3. The van der Waals surface area contributed by atoms with Crippen molar-refractivity contribution < 1.29 is 0 Å². The van der Waals surface area contributed by atoms with Gasteiger partial charge in [0.2, 0.25) is 0 Å². The van der Waals surface area contributed by atoms with Crippen molar-refractivity contribution in [1.29, 1.82) is 0 Å². The maximum absolute atomic E-state index is 4.88. The average molecular weight is 361 g/mol. The second kappa shape index (κ2) is 6.83. The zero-order chi connectivity index (χ0) is 19.0. The highest BCUT2D eigenvalue weighted by Gasteiger charge is 2.19. The molecule has 0 aliphatic heterocycles. The zero-order valence-electron chi connectivity index (χ0n) is 16.1. The van der Waals surface area contributed by atoms with Crippen LogP contribution in [0.25, 0.3) is 28.2 Å². The molecule has 0 saturated heterocycles. The van der Waals surface area contributed by atoms with Crippen molar-refractivity contribution in [2.24, 2.45) is 7.05 Å². The van der Waals surface area contributed by atoms with E-state index >= 15 is 0 Å². The maximum atomic E-state index is 4.88. The van der Waals surface area contributed by atoms with Crippen LogP contribution >= 0.6 is 0 Å². The fraction of sp³-hybridized carbons (Fsp3) is 0.300. The Morgan fingerprint density at radius 3 is 2.52 bits per heavy atom. The normalized spacial score (nSPS) is 11.3. The van der Waals surface area contributed by atoms with Gasteiger partial charge < -0.3 is 5.32 Å². The predicted octanol–water partition coefficient (Wildman–Crippen LogP) is 3.65. The molecular weight excluding hydrogens is 338 g/mol. The summed E-state index contributed by atoms with van der Waals surface area (Å²) in [5.41, 5.74) is 5.51. The molecular formula is C20H23N7. The number of nitrogens with one attached hydrogen (secondary N) is 1. The van der Waals surface area contributed by atoms with E-state index in [1.165, 1.54) is 0 Å². The zero-order valence-corrected chi connectivity index (χ0v) is 16.1. The SMILES string of the molecule is CCCNc1nc(-c2c(C)nn(C)c2C)nc2c1ncn2-c1ccccc1. The Bertz CT molecular complexity index is 1090. The van der Waals surface area contributed by atoms with Crippen LogP contribution in [0.15, 0.2) is 36.7 Å². The van der Waals surface area contributed by atoms with E-state index in [4.69, 9.17) is 9.97 Å². The molecule has 4 aromatic rings. The number of aromatic nitrogens is 6. The van der Waals surface area contributed by atoms with E-state index in [0.717, 1.165) is 52.6 Å². The lowest BCUT2D eigenvalue weighted by Gasteiger charge is -2.09. The van der Waals surface area contributed by atoms with Crippen molar-refractivity contribution in [2.75, 3.05) is 11.9 Å². The molecule has 0 spiro atoms. The Labute approximate surface area is 158 Å². The van der Waals surface area contributed by atoms with Crippen LogP contribution in [0.1, 0.15) is 24.7 Å². The number of para-hydroxylation sites is 1. The van der Waals surface area contributed by atoms with Crippen molar-refractivity contribution in [3.63, 3.8) is 0 Å². The number of hydrogen-bond acceptors (Lipinski definition) is 5. The van der Waals surface area contributed by atoms with E-state index in [0.29, 0.717) is 5.82 Å². The molecule has 0 atom stereocenters. The predicted molar refractivity (Wildman–Crippen MR) is 107 cm³/mol. The Morgan fingerprint density at radius 2 is 1.85 bits per heavy atom. The fourth-order valence-electron chi connectivity index (χ4n) is 3.25. The van der Waals surface area contributed by atoms with Crippen molar-refractivity contribution in [2.45, 2.75) is 27.2 Å². The molecule has 0 fully saturated rings. The summed E-state index contributed by atoms with van der Waals surface area (Å²) in [6.45, 7) is 6.99. The molecule has 0 radical (unpaired) electrons. The molecule has 138 valence electrons. The summed E-state index contributed by atoms with van der Waals surface area (Å²) in [6, 6.07) is 10.1. The van der Waals surface area contributed by atoms with E-state index in [-0.39, 0.29) is 0 Å². The molecule has 1 aromatic carbocycles. The molecule has 4 rings (SSSR count). The van der Waals surface area contributed by atoms with E-state index in [9.17, 15) is 0 Å². The minimum absolute atomic E-state index is 0.668. The summed E-state index contributed by atoms with van der Waals surface area (Å²) >= 11 is 0. The first-order valence-corrected chi connectivity index (χ1v) is 9.15. The Hall–Kier alpha value is -3.22. The van der Waals surface area contributed by atoms with Gasteiger partial charge in [-0.2, -0.15) is 5.10 Å². The van der Waals surface area contributed by atoms with E-state index in [1.54, 1.807) is 6.33 Å². The minimum Gasteiger partial charge on any atom is -0.368 e. The highest BCUT2D eigenvalue weighted by Crippen LogP contribution is 2.29. The third-order valence-electron chi connectivity index (χ3n) is 4.71. The van der Waals surface area contributed by atoms with Gasteiger partial charge in [0, 0.05) is 25.0 Å². The first-order valence-electron chi connectivity index (χ1n) is 9.15. The summed E-state index contributed by atoms with van der Waals surface area (Å²) in [6.07, 6.45) is 2.81. The number of rotatable bonds is 5. The average Bonchev–Trinajstić information content (AvgIpc) is 3.21. The number of imidazole rings is 1. The number of nitrogens with zero attached hydrogens (tertiary/aromatic N) is 6. The number of hydrogen-bond donors (Lipinski definition) is 1.